The third-order valence-corrected chi connectivity index (χ3v) is 5.24. The Balaban J connectivity index is 1.70. The molecule has 1 aliphatic heterocycles. The summed E-state index contributed by atoms with van der Waals surface area (Å²) in [4.78, 5) is 15.3. The molecule has 4 rings (SSSR count). The maximum atomic E-state index is 13.3. The van der Waals surface area contributed by atoms with Gasteiger partial charge < -0.3 is 4.90 Å². The second-order valence-corrected chi connectivity index (χ2v) is 7.61. The number of carbonyl (C=O) groups excluding carboxylic acids is 1. The van der Waals surface area contributed by atoms with Crippen molar-refractivity contribution in [2.45, 2.75) is 6.04 Å². The van der Waals surface area contributed by atoms with Gasteiger partial charge in [0.25, 0.3) is 5.91 Å². The molecule has 0 bridgehead atoms. The van der Waals surface area contributed by atoms with E-state index in [2.05, 4.69) is 40.7 Å². The summed E-state index contributed by atoms with van der Waals surface area (Å²) in [6.45, 7) is 0. The Bertz CT molecular complexity index is 1030. The standard InChI is InChI=1S/C24H22ClN3O/c1-27(2)21-14-10-18(11-15-21)23-16-22(17-6-4-3-5-7-17)26-28(23)24(29)19-8-12-20(25)13-9-19/h3-16,23,26H,1-2H3/t23-/m1/s1. The predicted octanol–water partition coefficient (Wildman–Crippen LogP) is 5.15. The number of rotatable bonds is 4. The molecule has 0 saturated heterocycles. The maximum Gasteiger partial charge on any atom is 0.273 e. The van der Waals surface area contributed by atoms with Crippen LogP contribution in [-0.2, 0) is 0 Å². The van der Waals surface area contributed by atoms with E-state index in [-0.39, 0.29) is 11.9 Å². The summed E-state index contributed by atoms with van der Waals surface area (Å²) in [5.74, 6) is -0.106. The highest BCUT2D eigenvalue weighted by Crippen LogP contribution is 2.33. The van der Waals surface area contributed by atoms with Crippen LogP contribution in [0.5, 0.6) is 0 Å². The van der Waals surface area contributed by atoms with Crippen LogP contribution >= 0.6 is 11.6 Å². The summed E-state index contributed by atoms with van der Waals surface area (Å²) >= 11 is 5.99. The normalized spacial score (nSPS) is 15.6. The predicted molar refractivity (Wildman–Crippen MR) is 119 cm³/mol. The first-order valence-corrected chi connectivity index (χ1v) is 9.81. The Labute approximate surface area is 176 Å². The fourth-order valence-electron chi connectivity index (χ4n) is 3.37. The number of benzene rings is 3. The van der Waals surface area contributed by atoms with Crippen molar-refractivity contribution in [3.8, 4) is 0 Å². The second-order valence-electron chi connectivity index (χ2n) is 7.17. The zero-order valence-corrected chi connectivity index (χ0v) is 17.1. The Morgan fingerprint density at radius 2 is 1.59 bits per heavy atom. The molecule has 29 heavy (non-hydrogen) atoms. The van der Waals surface area contributed by atoms with E-state index < -0.39 is 0 Å². The van der Waals surface area contributed by atoms with Crippen molar-refractivity contribution < 1.29 is 4.79 Å². The third kappa shape index (κ3) is 3.98. The minimum Gasteiger partial charge on any atom is -0.378 e. The van der Waals surface area contributed by atoms with Crippen molar-refractivity contribution >= 4 is 28.9 Å². The van der Waals surface area contributed by atoms with Gasteiger partial charge >= 0.3 is 0 Å². The Morgan fingerprint density at radius 3 is 2.21 bits per heavy atom. The van der Waals surface area contributed by atoms with Gasteiger partial charge in [-0.2, -0.15) is 0 Å². The maximum absolute atomic E-state index is 13.3. The molecule has 3 aromatic rings. The minimum atomic E-state index is -0.218. The van der Waals surface area contributed by atoms with Gasteiger partial charge in [-0.05, 0) is 53.6 Å². The number of carbonyl (C=O) groups is 1. The summed E-state index contributed by atoms with van der Waals surface area (Å²) < 4.78 is 0. The Morgan fingerprint density at radius 1 is 0.931 bits per heavy atom. The minimum absolute atomic E-state index is 0.106. The molecule has 0 saturated carbocycles. The smallest absolute Gasteiger partial charge is 0.273 e. The zero-order chi connectivity index (χ0) is 20.4. The van der Waals surface area contributed by atoms with Gasteiger partial charge in [-0.1, -0.05) is 54.1 Å². The van der Waals surface area contributed by atoms with Crippen molar-refractivity contribution in [3.05, 3.63) is 107 Å². The van der Waals surface area contributed by atoms with E-state index >= 15 is 0 Å². The quantitative estimate of drug-likeness (QED) is 0.654. The van der Waals surface area contributed by atoms with Crippen LogP contribution in [0.2, 0.25) is 5.02 Å². The van der Waals surface area contributed by atoms with E-state index in [0.717, 1.165) is 22.5 Å². The monoisotopic (exact) mass is 403 g/mol. The molecule has 1 amide bonds. The van der Waals surface area contributed by atoms with Crippen molar-refractivity contribution in [3.63, 3.8) is 0 Å². The molecule has 146 valence electrons. The van der Waals surface area contributed by atoms with Gasteiger partial charge in [-0.25, -0.2) is 5.01 Å². The van der Waals surface area contributed by atoms with Crippen molar-refractivity contribution in [1.82, 2.24) is 10.4 Å². The van der Waals surface area contributed by atoms with Gasteiger partial charge in [0.1, 0.15) is 0 Å². The van der Waals surface area contributed by atoms with Crippen LogP contribution in [0.4, 0.5) is 5.69 Å². The number of anilines is 1. The SMILES string of the molecule is CN(C)c1ccc([C@H]2C=C(c3ccccc3)NN2C(=O)c2ccc(Cl)cc2)cc1. The number of hydrogen-bond acceptors (Lipinski definition) is 3. The molecule has 3 aromatic carbocycles. The molecule has 1 heterocycles. The fraction of sp³-hybridized carbons (Fsp3) is 0.125. The van der Waals surface area contributed by atoms with E-state index in [9.17, 15) is 4.79 Å². The van der Waals surface area contributed by atoms with Gasteiger partial charge in [-0.3, -0.25) is 10.2 Å². The molecule has 0 aromatic heterocycles. The van der Waals surface area contributed by atoms with Crippen LogP contribution in [0.3, 0.4) is 0 Å². The number of amides is 1. The zero-order valence-electron chi connectivity index (χ0n) is 16.3. The molecule has 1 aliphatic rings. The summed E-state index contributed by atoms with van der Waals surface area (Å²) in [5.41, 5.74) is 7.99. The average Bonchev–Trinajstić information content (AvgIpc) is 3.20. The highest BCUT2D eigenvalue weighted by atomic mass is 35.5. The van der Waals surface area contributed by atoms with Crippen molar-refractivity contribution in [2.24, 2.45) is 0 Å². The van der Waals surface area contributed by atoms with E-state index in [0.29, 0.717) is 10.6 Å². The molecule has 0 aliphatic carbocycles. The lowest BCUT2D eigenvalue weighted by atomic mass is 10.0. The molecule has 1 N–H and O–H groups in total. The molecule has 0 fully saturated rings. The second kappa shape index (κ2) is 8.02. The Kier molecular flexibility index (Phi) is 5.28. The lowest BCUT2D eigenvalue weighted by molar-refractivity contribution is 0.0672. The molecule has 0 radical (unpaired) electrons. The molecule has 4 nitrogen and oxygen atoms in total. The molecule has 0 unspecified atom stereocenters. The third-order valence-electron chi connectivity index (χ3n) is 4.99. The highest BCUT2D eigenvalue weighted by molar-refractivity contribution is 6.30. The molecule has 0 spiro atoms. The molecule has 5 heteroatoms. The number of halogens is 1. The lowest BCUT2D eigenvalue weighted by Gasteiger charge is -2.26. The van der Waals surface area contributed by atoms with E-state index in [1.54, 1.807) is 29.3 Å². The van der Waals surface area contributed by atoms with Gasteiger partial charge in [-0.15, -0.1) is 0 Å². The summed E-state index contributed by atoms with van der Waals surface area (Å²) in [7, 11) is 4.02. The molecular formula is C24H22ClN3O. The number of nitrogens with zero attached hydrogens (tertiary/aromatic N) is 2. The number of hydrogen-bond donors (Lipinski definition) is 1. The van der Waals surface area contributed by atoms with Crippen LogP contribution in [0, 0.1) is 0 Å². The van der Waals surface area contributed by atoms with Crippen molar-refractivity contribution in [2.75, 3.05) is 19.0 Å². The first-order valence-electron chi connectivity index (χ1n) is 9.43. The molecule has 1 atom stereocenters. The van der Waals surface area contributed by atoms with Gasteiger partial charge in [0.15, 0.2) is 0 Å². The van der Waals surface area contributed by atoms with Gasteiger partial charge in [0.05, 0.1) is 11.7 Å². The average molecular weight is 404 g/mol. The van der Waals surface area contributed by atoms with E-state index in [1.807, 2.05) is 44.4 Å². The fourth-order valence-corrected chi connectivity index (χ4v) is 3.50. The Hall–Kier alpha value is -3.24. The number of hydrazine groups is 1. The van der Waals surface area contributed by atoms with Crippen LogP contribution in [-0.4, -0.2) is 25.0 Å². The summed E-state index contributed by atoms with van der Waals surface area (Å²) in [5, 5.41) is 2.28. The topological polar surface area (TPSA) is 35.6 Å². The largest absolute Gasteiger partial charge is 0.378 e. The van der Waals surface area contributed by atoms with E-state index in [1.165, 1.54) is 0 Å². The summed E-state index contributed by atoms with van der Waals surface area (Å²) in [6.07, 6.45) is 2.09. The number of nitrogens with one attached hydrogen (secondary N) is 1. The lowest BCUT2D eigenvalue weighted by Crippen LogP contribution is -2.39. The first kappa shape index (κ1) is 19.1. The van der Waals surface area contributed by atoms with Crippen LogP contribution in [0.15, 0.2) is 84.9 Å². The van der Waals surface area contributed by atoms with Crippen molar-refractivity contribution in [1.29, 1.82) is 0 Å². The first-order chi connectivity index (χ1) is 14.0. The van der Waals surface area contributed by atoms with Crippen LogP contribution in [0.1, 0.15) is 27.5 Å². The van der Waals surface area contributed by atoms with Crippen LogP contribution < -0.4 is 10.3 Å². The van der Waals surface area contributed by atoms with Gasteiger partial charge in [0.2, 0.25) is 0 Å². The van der Waals surface area contributed by atoms with Gasteiger partial charge in [0, 0.05) is 30.4 Å². The van der Waals surface area contributed by atoms with E-state index in [4.69, 9.17) is 11.6 Å². The summed E-state index contributed by atoms with van der Waals surface area (Å²) in [6, 6.07) is 25.0. The highest BCUT2D eigenvalue weighted by Gasteiger charge is 2.31. The molecular weight excluding hydrogens is 382 g/mol. The van der Waals surface area contributed by atoms with Crippen LogP contribution in [0.25, 0.3) is 5.70 Å².